The van der Waals surface area contributed by atoms with E-state index in [1.165, 1.54) is 12.3 Å². The van der Waals surface area contributed by atoms with E-state index in [0.29, 0.717) is 5.82 Å². The third-order valence-electron chi connectivity index (χ3n) is 2.65. The van der Waals surface area contributed by atoms with Crippen molar-refractivity contribution in [2.45, 2.75) is 17.9 Å². The lowest BCUT2D eigenvalue weighted by atomic mass is 10.2. The molecule has 2 rings (SSSR count). The maximum absolute atomic E-state index is 12.1. The lowest BCUT2D eigenvalue weighted by Gasteiger charge is -2.12. The van der Waals surface area contributed by atoms with Crippen LogP contribution in [-0.4, -0.2) is 30.6 Å². The Morgan fingerprint density at radius 1 is 1.32 bits per heavy atom. The van der Waals surface area contributed by atoms with Crippen LogP contribution in [0.1, 0.15) is 18.5 Å². The van der Waals surface area contributed by atoms with Crippen molar-refractivity contribution in [3.63, 3.8) is 0 Å². The second-order valence-electron chi connectivity index (χ2n) is 4.00. The summed E-state index contributed by atoms with van der Waals surface area (Å²) in [6.07, 6.45) is 4.54. The van der Waals surface area contributed by atoms with Crippen LogP contribution in [0.15, 0.2) is 35.6 Å². The van der Waals surface area contributed by atoms with Crippen molar-refractivity contribution in [1.29, 1.82) is 0 Å². The molecule has 0 saturated carbocycles. The number of hydrogen-bond acceptors (Lipinski definition) is 5. The van der Waals surface area contributed by atoms with Gasteiger partial charge in [0, 0.05) is 31.0 Å². The molecule has 1 atom stereocenters. The third kappa shape index (κ3) is 3.09. The van der Waals surface area contributed by atoms with Gasteiger partial charge in [-0.3, -0.25) is 5.10 Å². The number of aromatic amines is 1. The molecule has 2 aromatic heterocycles. The van der Waals surface area contributed by atoms with Gasteiger partial charge in [0.2, 0.25) is 10.0 Å². The molecule has 0 aliphatic heterocycles. The molecule has 0 radical (unpaired) electrons. The maximum atomic E-state index is 12.1. The zero-order valence-electron chi connectivity index (χ0n) is 10.6. The van der Waals surface area contributed by atoms with E-state index in [4.69, 9.17) is 0 Å². The Bertz CT molecular complexity index is 622. The highest BCUT2D eigenvalue weighted by atomic mass is 32.2. The lowest BCUT2D eigenvalue weighted by molar-refractivity contribution is 0.566. The second-order valence-corrected chi connectivity index (χ2v) is 5.72. The standard InChI is InChI=1S/C11H15N5O2S/c1-8(9-5-14-15-6-9)16-19(17,18)10-3-4-11(12-2)13-7-10/h3-8,16H,1-2H3,(H,12,13)(H,14,15). The quantitative estimate of drug-likeness (QED) is 0.755. The predicted octanol–water partition coefficient (Wildman–Crippen LogP) is 0.886. The average molecular weight is 281 g/mol. The topological polar surface area (TPSA) is 99.8 Å². The molecular formula is C11H15N5O2S. The van der Waals surface area contributed by atoms with Crippen molar-refractivity contribution >= 4 is 15.8 Å². The summed E-state index contributed by atoms with van der Waals surface area (Å²) < 4.78 is 26.8. The molecule has 19 heavy (non-hydrogen) atoms. The molecule has 1 unspecified atom stereocenters. The van der Waals surface area contributed by atoms with Gasteiger partial charge in [-0.05, 0) is 19.1 Å². The summed E-state index contributed by atoms with van der Waals surface area (Å²) in [6.45, 7) is 1.75. The molecule has 0 bridgehead atoms. The van der Waals surface area contributed by atoms with Crippen LogP contribution in [0.3, 0.4) is 0 Å². The van der Waals surface area contributed by atoms with E-state index in [-0.39, 0.29) is 10.9 Å². The number of sulfonamides is 1. The van der Waals surface area contributed by atoms with Gasteiger partial charge in [-0.1, -0.05) is 0 Å². The summed E-state index contributed by atoms with van der Waals surface area (Å²) in [5.74, 6) is 0.613. The first-order chi connectivity index (χ1) is 9.03. The van der Waals surface area contributed by atoms with E-state index >= 15 is 0 Å². The van der Waals surface area contributed by atoms with Gasteiger partial charge in [-0.2, -0.15) is 5.10 Å². The summed E-state index contributed by atoms with van der Waals surface area (Å²) in [4.78, 5) is 4.11. The Kier molecular flexibility index (Phi) is 3.82. The molecule has 0 saturated heterocycles. The number of nitrogens with one attached hydrogen (secondary N) is 3. The van der Waals surface area contributed by atoms with E-state index in [1.54, 1.807) is 32.4 Å². The first kappa shape index (κ1) is 13.5. The molecule has 0 aliphatic rings. The number of hydrogen-bond donors (Lipinski definition) is 3. The first-order valence-electron chi connectivity index (χ1n) is 5.68. The largest absolute Gasteiger partial charge is 0.373 e. The Morgan fingerprint density at radius 2 is 2.11 bits per heavy atom. The van der Waals surface area contributed by atoms with E-state index < -0.39 is 10.0 Å². The number of anilines is 1. The van der Waals surface area contributed by atoms with Crippen LogP contribution in [0.4, 0.5) is 5.82 Å². The first-order valence-corrected chi connectivity index (χ1v) is 7.16. The minimum Gasteiger partial charge on any atom is -0.373 e. The van der Waals surface area contributed by atoms with Crippen LogP contribution in [0, 0.1) is 0 Å². The monoisotopic (exact) mass is 281 g/mol. The van der Waals surface area contributed by atoms with Crippen molar-refractivity contribution in [3.8, 4) is 0 Å². The zero-order valence-corrected chi connectivity index (χ0v) is 11.4. The van der Waals surface area contributed by atoms with Crippen LogP contribution >= 0.6 is 0 Å². The molecule has 0 aromatic carbocycles. The van der Waals surface area contributed by atoms with Crippen molar-refractivity contribution in [2.75, 3.05) is 12.4 Å². The van der Waals surface area contributed by atoms with Gasteiger partial charge in [0.25, 0.3) is 0 Å². The Labute approximate surface area is 111 Å². The molecular weight excluding hydrogens is 266 g/mol. The molecule has 2 heterocycles. The van der Waals surface area contributed by atoms with E-state index in [0.717, 1.165) is 5.56 Å². The molecule has 3 N–H and O–H groups in total. The maximum Gasteiger partial charge on any atom is 0.242 e. The average Bonchev–Trinajstić information content (AvgIpc) is 2.92. The van der Waals surface area contributed by atoms with Crippen LogP contribution in [0.25, 0.3) is 0 Å². The Morgan fingerprint density at radius 3 is 2.63 bits per heavy atom. The van der Waals surface area contributed by atoms with Crippen LogP contribution in [0.5, 0.6) is 0 Å². The molecule has 8 heteroatoms. The van der Waals surface area contributed by atoms with Gasteiger partial charge in [0.05, 0.1) is 6.20 Å². The summed E-state index contributed by atoms with van der Waals surface area (Å²) in [7, 11) is -1.87. The van der Waals surface area contributed by atoms with Gasteiger partial charge < -0.3 is 5.32 Å². The lowest BCUT2D eigenvalue weighted by Crippen LogP contribution is -2.26. The summed E-state index contributed by atoms with van der Waals surface area (Å²) in [6, 6.07) is 2.74. The molecule has 0 fully saturated rings. The van der Waals surface area contributed by atoms with Crippen LogP contribution < -0.4 is 10.0 Å². The predicted molar refractivity (Wildman–Crippen MR) is 71.1 cm³/mol. The summed E-state index contributed by atoms with van der Waals surface area (Å²) in [5, 5.41) is 9.26. The third-order valence-corrected chi connectivity index (χ3v) is 4.18. The van der Waals surface area contributed by atoms with Gasteiger partial charge in [-0.15, -0.1) is 0 Å². The number of H-pyrrole nitrogens is 1. The van der Waals surface area contributed by atoms with Crippen LogP contribution in [0.2, 0.25) is 0 Å². The van der Waals surface area contributed by atoms with Crippen molar-refractivity contribution < 1.29 is 8.42 Å². The molecule has 102 valence electrons. The number of rotatable bonds is 5. The second kappa shape index (κ2) is 5.37. The SMILES string of the molecule is CNc1ccc(S(=O)(=O)NC(C)c2cn[nH]c2)cn1. The van der Waals surface area contributed by atoms with E-state index in [1.807, 2.05) is 0 Å². The molecule has 0 spiro atoms. The minimum absolute atomic E-state index is 0.127. The number of aromatic nitrogens is 3. The van der Waals surface area contributed by atoms with Crippen molar-refractivity contribution in [1.82, 2.24) is 19.9 Å². The summed E-state index contributed by atoms with van der Waals surface area (Å²) in [5.41, 5.74) is 0.767. The van der Waals surface area contributed by atoms with Crippen molar-refractivity contribution in [2.24, 2.45) is 0 Å². The van der Waals surface area contributed by atoms with E-state index in [2.05, 4.69) is 25.2 Å². The highest BCUT2D eigenvalue weighted by Gasteiger charge is 2.19. The minimum atomic E-state index is -3.59. The smallest absolute Gasteiger partial charge is 0.242 e. The molecule has 2 aromatic rings. The fourth-order valence-corrected chi connectivity index (χ4v) is 2.73. The fourth-order valence-electron chi connectivity index (χ4n) is 1.55. The fraction of sp³-hybridized carbons (Fsp3) is 0.273. The molecule has 0 amide bonds. The normalized spacial score (nSPS) is 13.2. The van der Waals surface area contributed by atoms with Gasteiger partial charge in [0.1, 0.15) is 10.7 Å². The van der Waals surface area contributed by atoms with Gasteiger partial charge >= 0.3 is 0 Å². The van der Waals surface area contributed by atoms with Crippen LogP contribution in [-0.2, 0) is 10.0 Å². The molecule has 7 nitrogen and oxygen atoms in total. The Hall–Kier alpha value is -1.93. The highest BCUT2D eigenvalue weighted by molar-refractivity contribution is 7.89. The van der Waals surface area contributed by atoms with Gasteiger partial charge in [0.15, 0.2) is 0 Å². The number of pyridine rings is 1. The molecule has 0 aliphatic carbocycles. The van der Waals surface area contributed by atoms with Crippen molar-refractivity contribution in [3.05, 3.63) is 36.3 Å². The summed E-state index contributed by atoms with van der Waals surface area (Å²) >= 11 is 0. The zero-order chi connectivity index (χ0) is 13.9. The highest BCUT2D eigenvalue weighted by Crippen LogP contribution is 2.16. The van der Waals surface area contributed by atoms with E-state index in [9.17, 15) is 8.42 Å². The Balaban J connectivity index is 2.17. The van der Waals surface area contributed by atoms with Gasteiger partial charge in [-0.25, -0.2) is 18.1 Å². The number of nitrogens with zero attached hydrogens (tertiary/aromatic N) is 2.